The fourth-order valence-electron chi connectivity index (χ4n) is 2.03. The summed E-state index contributed by atoms with van der Waals surface area (Å²) in [6.07, 6.45) is 0. The second-order valence-electron chi connectivity index (χ2n) is 5.04. The van der Waals surface area contributed by atoms with E-state index in [9.17, 15) is 8.78 Å². The van der Waals surface area contributed by atoms with E-state index in [1.807, 2.05) is 0 Å². The Bertz CT molecular complexity index is 552. The van der Waals surface area contributed by atoms with Gasteiger partial charge in [-0.2, -0.15) is 8.78 Å². The number of aryl methyl sites for hydroxylation is 1. The Morgan fingerprint density at radius 1 is 1.00 bits per heavy atom. The van der Waals surface area contributed by atoms with E-state index in [1.165, 1.54) is 11.1 Å². The molecule has 0 saturated heterocycles. The molecule has 2 nitrogen and oxygen atoms in total. The number of alkyl halides is 2. The van der Waals surface area contributed by atoms with Gasteiger partial charge in [0.25, 0.3) is 0 Å². The SMILES string of the molecule is Cc1ccc(C(C)NCc2ccc(OC(F)F)cc2)cc1. The van der Waals surface area contributed by atoms with Crippen LogP contribution < -0.4 is 10.1 Å². The van der Waals surface area contributed by atoms with Crippen molar-refractivity contribution < 1.29 is 13.5 Å². The highest BCUT2D eigenvalue weighted by Crippen LogP contribution is 2.17. The molecule has 0 heterocycles. The molecular formula is C17H19F2NO. The molecule has 2 aromatic carbocycles. The highest BCUT2D eigenvalue weighted by molar-refractivity contribution is 5.28. The standard InChI is InChI=1S/C17H19F2NO/c1-12-3-7-15(8-4-12)13(2)20-11-14-5-9-16(10-6-14)21-17(18)19/h3-10,13,17,20H,11H2,1-2H3. The van der Waals surface area contributed by atoms with Crippen molar-refractivity contribution in [1.82, 2.24) is 5.32 Å². The average molecular weight is 291 g/mol. The van der Waals surface area contributed by atoms with Gasteiger partial charge in [-0.3, -0.25) is 0 Å². The largest absolute Gasteiger partial charge is 0.435 e. The van der Waals surface area contributed by atoms with Crippen molar-refractivity contribution in [2.24, 2.45) is 0 Å². The molecule has 0 amide bonds. The topological polar surface area (TPSA) is 21.3 Å². The fourth-order valence-corrected chi connectivity index (χ4v) is 2.03. The van der Waals surface area contributed by atoms with Gasteiger partial charge in [0.1, 0.15) is 5.75 Å². The third-order valence-corrected chi connectivity index (χ3v) is 3.34. The molecule has 4 heteroatoms. The summed E-state index contributed by atoms with van der Waals surface area (Å²) in [5.74, 6) is 0.181. The maximum absolute atomic E-state index is 12.1. The Morgan fingerprint density at radius 2 is 1.62 bits per heavy atom. The second-order valence-corrected chi connectivity index (χ2v) is 5.04. The highest BCUT2D eigenvalue weighted by Gasteiger charge is 2.06. The van der Waals surface area contributed by atoms with Crippen LogP contribution in [0, 0.1) is 6.92 Å². The zero-order valence-electron chi connectivity index (χ0n) is 12.1. The molecule has 0 saturated carbocycles. The van der Waals surface area contributed by atoms with Crippen LogP contribution in [0.25, 0.3) is 0 Å². The van der Waals surface area contributed by atoms with Crippen molar-refractivity contribution in [2.75, 3.05) is 0 Å². The van der Waals surface area contributed by atoms with Gasteiger partial charge >= 0.3 is 6.61 Å². The lowest BCUT2D eigenvalue weighted by Crippen LogP contribution is -2.18. The van der Waals surface area contributed by atoms with Crippen LogP contribution in [0.5, 0.6) is 5.75 Å². The molecule has 2 aromatic rings. The summed E-state index contributed by atoms with van der Waals surface area (Å²) in [6.45, 7) is 2.05. The van der Waals surface area contributed by atoms with E-state index >= 15 is 0 Å². The van der Waals surface area contributed by atoms with E-state index in [2.05, 4.69) is 48.2 Å². The van der Waals surface area contributed by atoms with Crippen molar-refractivity contribution in [3.8, 4) is 5.75 Å². The summed E-state index contributed by atoms with van der Waals surface area (Å²) >= 11 is 0. The molecule has 21 heavy (non-hydrogen) atoms. The molecule has 0 aliphatic carbocycles. The van der Waals surface area contributed by atoms with Gasteiger partial charge in [0, 0.05) is 12.6 Å². The lowest BCUT2D eigenvalue weighted by molar-refractivity contribution is -0.0498. The van der Waals surface area contributed by atoms with E-state index in [1.54, 1.807) is 24.3 Å². The Morgan fingerprint density at radius 3 is 2.19 bits per heavy atom. The van der Waals surface area contributed by atoms with E-state index in [0.29, 0.717) is 6.54 Å². The Kier molecular flexibility index (Phi) is 5.28. The first kappa shape index (κ1) is 15.4. The molecule has 0 aromatic heterocycles. The van der Waals surface area contributed by atoms with Crippen LogP contribution in [0.2, 0.25) is 0 Å². The van der Waals surface area contributed by atoms with Crippen LogP contribution in [-0.2, 0) is 6.54 Å². The fraction of sp³-hybridized carbons (Fsp3) is 0.294. The Labute approximate surface area is 123 Å². The zero-order valence-corrected chi connectivity index (χ0v) is 12.1. The van der Waals surface area contributed by atoms with Crippen molar-refractivity contribution in [3.63, 3.8) is 0 Å². The normalized spacial score (nSPS) is 12.4. The first-order chi connectivity index (χ1) is 10.0. The Balaban J connectivity index is 1.88. The van der Waals surface area contributed by atoms with E-state index < -0.39 is 6.61 Å². The highest BCUT2D eigenvalue weighted by atomic mass is 19.3. The molecule has 0 fully saturated rings. The van der Waals surface area contributed by atoms with Crippen molar-refractivity contribution >= 4 is 0 Å². The second kappa shape index (κ2) is 7.18. The monoisotopic (exact) mass is 291 g/mol. The molecule has 2 rings (SSSR count). The molecule has 0 spiro atoms. The first-order valence-corrected chi connectivity index (χ1v) is 6.88. The van der Waals surface area contributed by atoms with Crippen LogP contribution in [0.15, 0.2) is 48.5 Å². The molecule has 1 unspecified atom stereocenters. The molecule has 0 radical (unpaired) electrons. The summed E-state index contributed by atoms with van der Waals surface area (Å²) in [4.78, 5) is 0. The van der Waals surface area contributed by atoms with E-state index in [0.717, 1.165) is 5.56 Å². The zero-order chi connectivity index (χ0) is 15.2. The number of nitrogens with one attached hydrogen (secondary N) is 1. The number of hydrogen-bond acceptors (Lipinski definition) is 2. The molecule has 1 atom stereocenters. The van der Waals surface area contributed by atoms with Crippen LogP contribution in [0.1, 0.15) is 29.7 Å². The third kappa shape index (κ3) is 4.83. The van der Waals surface area contributed by atoms with Crippen LogP contribution in [-0.4, -0.2) is 6.61 Å². The predicted octanol–water partition coefficient (Wildman–Crippen LogP) is 4.45. The maximum atomic E-state index is 12.1. The van der Waals surface area contributed by atoms with Crippen molar-refractivity contribution in [2.45, 2.75) is 33.0 Å². The van der Waals surface area contributed by atoms with Gasteiger partial charge < -0.3 is 10.1 Å². The summed E-state index contributed by atoms with van der Waals surface area (Å²) in [6, 6.07) is 15.3. The van der Waals surface area contributed by atoms with Crippen LogP contribution in [0.3, 0.4) is 0 Å². The smallest absolute Gasteiger partial charge is 0.387 e. The number of benzene rings is 2. The maximum Gasteiger partial charge on any atom is 0.387 e. The number of halogens is 2. The molecule has 0 bridgehead atoms. The van der Waals surface area contributed by atoms with Gasteiger partial charge in [0.15, 0.2) is 0 Å². The Hall–Kier alpha value is -1.94. The minimum absolute atomic E-state index is 0.181. The van der Waals surface area contributed by atoms with Gasteiger partial charge in [-0.25, -0.2) is 0 Å². The lowest BCUT2D eigenvalue weighted by atomic mass is 10.1. The molecule has 112 valence electrons. The summed E-state index contributed by atoms with van der Waals surface area (Å²) in [5, 5.41) is 3.41. The quantitative estimate of drug-likeness (QED) is 0.849. The van der Waals surface area contributed by atoms with Crippen molar-refractivity contribution in [1.29, 1.82) is 0 Å². The van der Waals surface area contributed by atoms with Gasteiger partial charge in [-0.05, 0) is 37.1 Å². The molecule has 1 N–H and O–H groups in total. The summed E-state index contributed by atoms with van der Waals surface area (Å²) in [5.41, 5.74) is 3.48. The molecule has 0 aliphatic rings. The summed E-state index contributed by atoms with van der Waals surface area (Å²) in [7, 11) is 0. The van der Waals surface area contributed by atoms with E-state index in [-0.39, 0.29) is 11.8 Å². The molecule has 0 aliphatic heterocycles. The van der Waals surface area contributed by atoms with Gasteiger partial charge in [0.05, 0.1) is 0 Å². The van der Waals surface area contributed by atoms with Gasteiger partial charge in [0.2, 0.25) is 0 Å². The number of hydrogen-bond donors (Lipinski definition) is 1. The van der Waals surface area contributed by atoms with Gasteiger partial charge in [-0.1, -0.05) is 42.0 Å². The van der Waals surface area contributed by atoms with E-state index in [4.69, 9.17) is 0 Å². The van der Waals surface area contributed by atoms with Crippen LogP contribution >= 0.6 is 0 Å². The third-order valence-electron chi connectivity index (χ3n) is 3.34. The number of ether oxygens (including phenoxy) is 1. The predicted molar refractivity (Wildman–Crippen MR) is 79.5 cm³/mol. The molecular weight excluding hydrogens is 272 g/mol. The number of rotatable bonds is 6. The average Bonchev–Trinajstić information content (AvgIpc) is 2.46. The lowest BCUT2D eigenvalue weighted by Gasteiger charge is -2.15. The first-order valence-electron chi connectivity index (χ1n) is 6.88. The van der Waals surface area contributed by atoms with Crippen LogP contribution in [0.4, 0.5) is 8.78 Å². The summed E-state index contributed by atoms with van der Waals surface area (Å²) < 4.78 is 28.4. The minimum atomic E-state index is -2.78. The minimum Gasteiger partial charge on any atom is -0.435 e. The van der Waals surface area contributed by atoms with Gasteiger partial charge in [-0.15, -0.1) is 0 Å². The van der Waals surface area contributed by atoms with Crippen molar-refractivity contribution in [3.05, 3.63) is 65.2 Å².